The number of nitrogens with one attached hydrogen (secondary N) is 1. The van der Waals surface area contributed by atoms with Gasteiger partial charge in [0.2, 0.25) is 0 Å². The second-order valence-electron chi connectivity index (χ2n) is 7.21. The molecule has 1 aromatic heterocycles. The maximum atomic E-state index is 14.1. The van der Waals surface area contributed by atoms with Gasteiger partial charge in [-0.25, -0.2) is 5.43 Å². The summed E-state index contributed by atoms with van der Waals surface area (Å²) in [5.74, 6) is -0.416. The molecule has 0 saturated carbocycles. The molecule has 4 rings (SSSR count). The van der Waals surface area contributed by atoms with E-state index in [4.69, 9.17) is 28.0 Å². The van der Waals surface area contributed by atoms with E-state index >= 15 is 0 Å². The van der Waals surface area contributed by atoms with Crippen LogP contribution in [0, 0.1) is 6.92 Å². The minimum absolute atomic E-state index is 0.0524. The zero-order valence-electron chi connectivity index (χ0n) is 16.5. The van der Waals surface area contributed by atoms with Gasteiger partial charge in [-0.15, -0.1) is 0 Å². The average molecular weight is 483 g/mol. The van der Waals surface area contributed by atoms with Crippen molar-refractivity contribution in [1.29, 1.82) is 0 Å². The Morgan fingerprint density at radius 3 is 2.50 bits per heavy atom. The molecule has 1 unspecified atom stereocenters. The van der Waals surface area contributed by atoms with Gasteiger partial charge in [0.25, 0.3) is 11.5 Å². The number of halogens is 5. The van der Waals surface area contributed by atoms with Crippen molar-refractivity contribution in [1.82, 2.24) is 9.89 Å². The number of amides is 1. The third-order valence-electron chi connectivity index (χ3n) is 5.04. The molecule has 0 saturated heterocycles. The number of nitrogens with zero attached hydrogens (tertiary/aromatic N) is 3. The lowest BCUT2D eigenvalue weighted by Crippen LogP contribution is -2.42. The van der Waals surface area contributed by atoms with E-state index in [9.17, 15) is 18.0 Å². The van der Waals surface area contributed by atoms with E-state index in [1.165, 1.54) is 29.2 Å². The van der Waals surface area contributed by atoms with Crippen LogP contribution in [-0.4, -0.2) is 27.7 Å². The first-order valence-corrected chi connectivity index (χ1v) is 10.0. The molecule has 1 N–H and O–H groups in total. The molecule has 0 aliphatic carbocycles. The molecule has 0 fully saturated rings. The molecular formula is C21H15Cl2F3N4O2. The summed E-state index contributed by atoms with van der Waals surface area (Å²) in [6.07, 6.45) is -2.30. The summed E-state index contributed by atoms with van der Waals surface area (Å²) in [5, 5.41) is 7.73. The second kappa shape index (κ2) is 8.14. The Kier molecular flexibility index (Phi) is 5.64. The molecule has 0 bridgehead atoms. The highest BCUT2D eigenvalue weighted by atomic mass is 35.5. The lowest BCUT2D eigenvalue weighted by atomic mass is 9.86. The smallest absolute Gasteiger partial charge is 0.374 e. The average Bonchev–Trinajstić information content (AvgIpc) is 3.37. The topological polar surface area (TPSA) is 68.5 Å². The summed E-state index contributed by atoms with van der Waals surface area (Å²) in [4.78, 5) is 18.7. The summed E-state index contributed by atoms with van der Waals surface area (Å²) in [6, 6.07) is 9.91. The van der Waals surface area contributed by atoms with E-state index in [0.29, 0.717) is 16.7 Å². The Bertz CT molecular complexity index is 1190. The van der Waals surface area contributed by atoms with Crippen molar-refractivity contribution in [2.24, 2.45) is 5.16 Å². The van der Waals surface area contributed by atoms with Crippen molar-refractivity contribution in [2.45, 2.75) is 25.1 Å². The zero-order valence-corrected chi connectivity index (χ0v) is 18.0. The number of carbonyl (C=O) groups is 1. The van der Waals surface area contributed by atoms with Gasteiger partial charge < -0.3 is 4.84 Å². The second-order valence-corrected chi connectivity index (χ2v) is 8.08. The number of aromatic nitrogens is 2. The maximum Gasteiger partial charge on any atom is 0.435 e. The zero-order chi connectivity index (χ0) is 23.1. The van der Waals surface area contributed by atoms with Crippen LogP contribution in [0.2, 0.25) is 10.0 Å². The predicted octanol–water partition coefficient (Wildman–Crippen LogP) is 5.46. The van der Waals surface area contributed by atoms with Crippen LogP contribution >= 0.6 is 23.2 Å². The maximum absolute atomic E-state index is 14.1. The molecule has 6 nitrogen and oxygen atoms in total. The van der Waals surface area contributed by atoms with Gasteiger partial charge in [0.15, 0.2) is 0 Å². The number of carbonyl (C=O) groups excluding carboxylic acids is 1. The fraction of sp³-hybridized carbons (Fsp3) is 0.190. The molecule has 3 aromatic rings. The summed E-state index contributed by atoms with van der Waals surface area (Å²) in [7, 11) is 0. The van der Waals surface area contributed by atoms with E-state index in [1.54, 1.807) is 25.3 Å². The highest BCUT2D eigenvalue weighted by molar-refractivity contribution is 6.34. The number of rotatable bonds is 4. The van der Waals surface area contributed by atoms with Gasteiger partial charge in [0.1, 0.15) is 0 Å². The fourth-order valence-corrected chi connectivity index (χ4v) is 3.97. The standard InChI is InChI=1S/C21H15Cl2F3N4O2/c1-12-7-13(3-4-17(12)19(31)28-30-6-2-5-27-30)18-11-20(32-29-18,21(24,25)26)14-8-15(22)10-16(23)9-14/h2-10H,11H2,1H3,(H,28,31). The van der Waals surface area contributed by atoms with E-state index in [2.05, 4.69) is 15.7 Å². The molecule has 1 atom stereocenters. The van der Waals surface area contributed by atoms with Crippen LogP contribution < -0.4 is 5.43 Å². The number of alkyl halides is 3. The lowest BCUT2D eigenvalue weighted by molar-refractivity contribution is -0.275. The Balaban J connectivity index is 1.62. The van der Waals surface area contributed by atoms with Crippen LogP contribution in [0.1, 0.15) is 33.5 Å². The van der Waals surface area contributed by atoms with Crippen LogP contribution in [0.5, 0.6) is 0 Å². The highest BCUT2D eigenvalue weighted by Gasteiger charge is 2.62. The van der Waals surface area contributed by atoms with Gasteiger partial charge >= 0.3 is 6.18 Å². The van der Waals surface area contributed by atoms with Crippen molar-refractivity contribution in [3.63, 3.8) is 0 Å². The minimum atomic E-state index is -4.79. The molecular weight excluding hydrogens is 468 g/mol. The molecule has 11 heteroatoms. The Labute approximate surface area is 190 Å². The van der Waals surface area contributed by atoms with E-state index in [-0.39, 0.29) is 21.3 Å². The van der Waals surface area contributed by atoms with Crippen LogP contribution in [0.15, 0.2) is 60.0 Å². The lowest BCUT2D eigenvalue weighted by Gasteiger charge is -2.29. The molecule has 1 amide bonds. The van der Waals surface area contributed by atoms with Gasteiger partial charge in [-0.2, -0.15) is 23.1 Å². The van der Waals surface area contributed by atoms with Crippen LogP contribution in [0.25, 0.3) is 0 Å². The van der Waals surface area contributed by atoms with Crippen LogP contribution in [-0.2, 0) is 10.4 Å². The Hall–Kier alpha value is -3.04. The molecule has 2 heterocycles. The third-order valence-corrected chi connectivity index (χ3v) is 5.48. The molecule has 2 aromatic carbocycles. The van der Waals surface area contributed by atoms with Crippen LogP contribution in [0.3, 0.4) is 0 Å². The molecule has 1 aliphatic rings. The first-order chi connectivity index (χ1) is 15.1. The summed E-state index contributed by atoms with van der Waals surface area (Å²) < 4.78 is 42.4. The molecule has 0 spiro atoms. The van der Waals surface area contributed by atoms with Crippen LogP contribution in [0.4, 0.5) is 13.2 Å². The highest BCUT2D eigenvalue weighted by Crippen LogP contribution is 2.49. The number of aryl methyl sites for hydroxylation is 1. The summed E-state index contributed by atoms with van der Waals surface area (Å²) in [5.41, 5.74) is 0.978. The summed E-state index contributed by atoms with van der Waals surface area (Å²) >= 11 is 11.8. The fourth-order valence-electron chi connectivity index (χ4n) is 3.44. The van der Waals surface area contributed by atoms with Crippen molar-refractivity contribution in [2.75, 3.05) is 5.43 Å². The van der Waals surface area contributed by atoms with Crippen molar-refractivity contribution >= 4 is 34.8 Å². The quantitative estimate of drug-likeness (QED) is 0.536. The third kappa shape index (κ3) is 4.05. The number of oxime groups is 1. The van der Waals surface area contributed by atoms with Gasteiger partial charge in [-0.3, -0.25) is 4.79 Å². The van der Waals surface area contributed by atoms with Gasteiger partial charge in [0, 0.05) is 33.8 Å². The Morgan fingerprint density at radius 2 is 1.91 bits per heavy atom. The van der Waals surface area contributed by atoms with Gasteiger partial charge in [0.05, 0.1) is 11.9 Å². The predicted molar refractivity (Wildman–Crippen MR) is 114 cm³/mol. The first-order valence-electron chi connectivity index (χ1n) is 9.29. The van der Waals surface area contributed by atoms with E-state index in [1.807, 2.05) is 0 Å². The molecule has 32 heavy (non-hydrogen) atoms. The van der Waals surface area contributed by atoms with Crippen molar-refractivity contribution in [3.8, 4) is 0 Å². The normalized spacial score (nSPS) is 18.2. The first kappa shape index (κ1) is 22.2. The molecule has 166 valence electrons. The van der Waals surface area contributed by atoms with Crippen molar-refractivity contribution in [3.05, 3.63) is 87.2 Å². The number of hydrogen-bond acceptors (Lipinski definition) is 4. The summed E-state index contributed by atoms with van der Waals surface area (Å²) in [6.45, 7) is 1.67. The monoisotopic (exact) mass is 482 g/mol. The number of benzene rings is 2. The number of hydrogen-bond donors (Lipinski definition) is 1. The minimum Gasteiger partial charge on any atom is -0.374 e. The van der Waals surface area contributed by atoms with E-state index in [0.717, 1.165) is 12.1 Å². The molecule has 0 radical (unpaired) electrons. The van der Waals surface area contributed by atoms with Gasteiger partial charge in [-0.1, -0.05) is 34.4 Å². The van der Waals surface area contributed by atoms with E-state index < -0.39 is 24.1 Å². The van der Waals surface area contributed by atoms with Gasteiger partial charge in [-0.05, 0) is 54.4 Å². The molecule has 1 aliphatic heterocycles. The largest absolute Gasteiger partial charge is 0.435 e. The Morgan fingerprint density at radius 1 is 1.19 bits per heavy atom. The SMILES string of the molecule is Cc1cc(C2=NOC(c3cc(Cl)cc(Cl)c3)(C(F)(F)F)C2)ccc1C(=O)Nn1cccn1. The van der Waals surface area contributed by atoms with Crippen molar-refractivity contribution < 1.29 is 22.8 Å².